The van der Waals surface area contributed by atoms with Crippen LogP contribution >= 0.6 is 0 Å². The number of nitrogens with zero attached hydrogens (tertiary/aromatic N) is 2. The summed E-state index contributed by atoms with van der Waals surface area (Å²) in [6.07, 6.45) is 0.454. The van der Waals surface area contributed by atoms with Crippen molar-refractivity contribution in [3.63, 3.8) is 0 Å². The van der Waals surface area contributed by atoms with Crippen molar-refractivity contribution in [1.82, 2.24) is 9.80 Å². The van der Waals surface area contributed by atoms with Gasteiger partial charge in [-0.15, -0.1) is 0 Å². The third-order valence-corrected chi connectivity index (χ3v) is 6.35. The van der Waals surface area contributed by atoms with Gasteiger partial charge in [-0.05, 0) is 43.5 Å². The molecule has 0 aliphatic carbocycles. The standard InChI is InChI=1S/C24H25F3N4O3/c1-13(32)14-3-2-4-17(6-14)29-24(34)31-12-18-9-19(31)11-30(18)23(33)8-16(28)5-15-7-21(26)22(27)10-20(15)25/h2-4,6-7,10,16,18-19H,5,8-9,11-12,28H2,1H3,(H,29,34)/t16-,18+,19+/m1/s1. The Morgan fingerprint density at radius 1 is 1.03 bits per heavy atom. The van der Waals surface area contributed by atoms with E-state index in [0.29, 0.717) is 36.8 Å². The number of fused-ring (bicyclic) bond motifs is 2. The van der Waals surface area contributed by atoms with Gasteiger partial charge in [0.25, 0.3) is 0 Å². The van der Waals surface area contributed by atoms with Gasteiger partial charge in [0.15, 0.2) is 17.4 Å². The predicted molar refractivity (Wildman–Crippen MR) is 119 cm³/mol. The van der Waals surface area contributed by atoms with Crippen LogP contribution in [-0.2, 0) is 11.2 Å². The van der Waals surface area contributed by atoms with Crippen LogP contribution in [0, 0.1) is 17.5 Å². The van der Waals surface area contributed by atoms with E-state index in [4.69, 9.17) is 5.73 Å². The van der Waals surface area contributed by atoms with E-state index in [1.165, 1.54) is 6.92 Å². The number of carbonyl (C=O) groups is 3. The van der Waals surface area contributed by atoms with Gasteiger partial charge >= 0.3 is 6.03 Å². The molecule has 3 amide bonds. The number of hydrogen-bond donors (Lipinski definition) is 2. The quantitative estimate of drug-likeness (QED) is 0.497. The number of urea groups is 1. The zero-order valence-corrected chi connectivity index (χ0v) is 18.6. The summed E-state index contributed by atoms with van der Waals surface area (Å²) in [5.41, 5.74) is 6.93. The van der Waals surface area contributed by atoms with Gasteiger partial charge in [-0.2, -0.15) is 0 Å². The number of nitrogens with one attached hydrogen (secondary N) is 1. The van der Waals surface area contributed by atoms with Crippen LogP contribution in [0.4, 0.5) is 23.7 Å². The van der Waals surface area contributed by atoms with Gasteiger partial charge in [0, 0.05) is 42.9 Å². The molecule has 2 aromatic carbocycles. The Hall–Kier alpha value is -3.40. The second kappa shape index (κ2) is 9.46. The Bertz CT molecular complexity index is 1140. The number of anilines is 1. The van der Waals surface area contributed by atoms with E-state index in [2.05, 4.69) is 5.32 Å². The Balaban J connectivity index is 1.31. The number of halogens is 3. The summed E-state index contributed by atoms with van der Waals surface area (Å²) < 4.78 is 40.4. The van der Waals surface area contributed by atoms with E-state index >= 15 is 0 Å². The Morgan fingerprint density at radius 2 is 1.71 bits per heavy atom. The van der Waals surface area contributed by atoms with Crippen LogP contribution in [0.1, 0.15) is 35.7 Å². The van der Waals surface area contributed by atoms with Crippen LogP contribution in [0.2, 0.25) is 0 Å². The van der Waals surface area contributed by atoms with Gasteiger partial charge in [0.1, 0.15) is 5.82 Å². The number of piperazine rings is 1. The normalized spacial score (nSPS) is 19.9. The molecule has 0 unspecified atom stereocenters. The fraction of sp³-hybridized carbons (Fsp3) is 0.375. The maximum atomic E-state index is 13.9. The summed E-state index contributed by atoms with van der Waals surface area (Å²) in [6, 6.07) is 6.54. The number of carbonyl (C=O) groups excluding carboxylic acids is 3. The first-order valence-corrected chi connectivity index (χ1v) is 11.0. The van der Waals surface area contributed by atoms with Gasteiger partial charge in [0.05, 0.1) is 12.1 Å². The monoisotopic (exact) mass is 474 g/mol. The van der Waals surface area contributed by atoms with Crippen molar-refractivity contribution in [1.29, 1.82) is 0 Å². The maximum Gasteiger partial charge on any atom is 0.322 e. The Kier molecular flexibility index (Phi) is 6.60. The number of Topliss-reactive ketones (excluding diaryl/α,β-unsaturated/α-hetero) is 1. The lowest BCUT2D eigenvalue weighted by molar-refractivity contribution is -0.133. The summed E-state index contributed by atoms with van der Waals surface area (Å²) in [5, 5.41) is 2.80. The fourth-order valence-electron chi connectivity index (χ4n) is 4.65. The number of benzene rings is 2. The van der Waals surface area contributed by atoms with Crippen LogP contribution in [0.3, 0.4) is 0 Å². The molecule has 2 aromatic rings. The number of ketones is 1. The molecule has 180 valence electrons. The number of likely N-dealkylation sites (tertiary alicyclic amines) is 2. The Labute approximate surface area is 194 Å². The van der Waals surface area contributed by atoms with Crippen molar-refractivity contribution in [3.05, 3.63) is 65.0 Å². The third-order valence-electron chi connectivity index (χ3n) is 6.35. The minimum absolute atomic E-state index is 0.0777. The minimum Gasteiger partial charge on any atom is -0.336 e. The molecule has 0 aromatic heterocycles. The molecule has 0 saturated carbocycles. The first-order chi connectivity index (χ1) is 16.1. The molecule has 2 aliphatic heterocycles. The highest BCUT2D eigenvalue weighted by atomic mass is 19.2. The van der Waals surface area contributed by atoms with Crippen LogP contribution in [0.25, 0.3) is 0 Å². The molecule has 4 rings (SSSR count). The van der Waals surface area contributed by atoms with Gasteiger partial charge in [-0.1, -0.05) is 12.1 Å². The zero-order chi connectivity index (χ0) is 24.6. The van der Waals surface area contributed by atoms with Gasteiger partial charge < -0.3 is 20.9 Å². The van der Waals surface area contributed by atoms with Gasteiger partial charge in [0.2, 0.25) is 5.91 Å². The summed E-state index contributed by atoms with van der Waals surface area (Å²) >= 11 is 0. The predicted octanol–water partition coefficient (Wildman–Crippen LogP) is 3.08. The summed E-state index contributed by atoms with van der Waals surface area (Å²) in [7, 11) is 0. The highest BCUT2D eigenvalue weighted by molar-refractivity contribution is 5.97. The highest BCUT2D eigenvalue weighted by Crippen LogP contribution is 2.32. The zero-order valence-electron chi connectivity index (χ0n) is 18.6. The van der Waals surface area contributed by atoms with Crippen LogP contribution < -0.4 is 11.1 Å². The van der Waals surface area contributed by atoms with Crippen molar-refractivity contribution < 1.29 is 27.6 Å². The molecule has 2 aliphatic rings. The SMILES string of the molecule is CC(=O)c1cccc(NC(=O)N2C[C@@H]3C[C@H]2CN3C(=O)C[C@H](N)Cc2cc(F)c(F)cc2F)c1. The van der Waals surface area contributed by atoms with Crippen LogP contribution in [0.5, 0.6) is 0 Å². The fourth-order valence-corrected chi connectivity index (χ4v) is 4.65. The van der Waals surface area contributed by atoms with Gasteiger partial charge in [-0.25, -0.2) is 18.0 Å². The van der Waals surface area contributed by atoms with Crippen LogP contribution in [0.15, 0.2) is 36.4 Å². The number of hydrogen-bond acceptors (Lipinski definition) is 4. The van der Waals surface area contributed by atoms with Crippen LogP contribution in [-0.4, -0.2) is 58.7 Å². The van der Waals surface area contributed by atoms with E-state index in [0.717, 1.165) is 6.07 Å². The molecule has 0 radical (unpaired) electrons. The lowest BCUT2D eigenvalue weighted by atomic mass is 10.0. The molecule has 10 heteroatoms. The molecule has 3 atom stereocenters. The molecule has 7 nitrogen and oxygen atoms in total. The number of rotatable bonds is 6. The molecule has 2 heterocycles. The van der Waals surface area contributed by atoms with Crippen molar-refractivity contribution in [2.75, 3.05) is 18.4 Å². The summed E-state index contributed by atoms with van der Waals surface area (Å²) in [6.45, 7) is 2.17. The van der Waals surface area contributed by atoms with Gasteiger partial charge in [-0.3, -0.25) is 9.59 Å². The maximum absolute atomic E-state index is 13.9. The van der Waals surface area contributed by atoms with E-state index in [9.17, 15) is 27.6 Å². The average Bonchev–Trinajstić information content (AvgIpc) is 3.39. The van der Waals surface area contributed by atoms with E-state index < -0.39 is 23.5 Å². The van der Waals surface area contributed by atoms with Crippen molar-refractivity contribution >= 4 is 23.4 Å². The first-order valence-electron chi connectivity index (χ1n) is 11.0. The lowest BCUT2D eigenvalue weighted by Gasteiger charge is -2.34. The van der Waals surface area contributed by atoms with Crippen molar-refractivity contribution in [2.24, 2.45) is 5.73 Å². The molecule has 3 N–H and O–H groups in total. The summed E-state index contributed by atoms with van der Waals surface area (Å²) in [5.74, 6) is -3.68. The Morgan fingerprint density at radius 3 is 2.38 bits per heavy atom. The molecular formula is C24H25F3N4O3. The van der Waals surface area contributed by atoms with E-state index in [1.807, 2.05) is 0 Å². The molecule has 0 spiro atoms. The van der Waals surface area contributed by atoms with E-state index in [1.54, 1.807) is 34.1 Å². The molecule has 2 bridgehead atoms. The minimum atomic E-state index is -1.28. The van der Waals surface area contributed by atoms with Crippen molar-refractivity contribution in [3.8, 4) is 0 Å². The average molecular weight is 474 g/mol. The van der Waals surface area contributed by atoms with Crippen molar-refractivity contribution in [2.45, 2.75) is 44.3 Å². The topological polar surface area (TPSA) is 95.7 Å². The first kappa shape index (κ1) is 23.7. The molecule has 2 fully saturated rings. The van der Waals surface area contributed by atoms with E-state index in [-0.39, 0.29) is 48.2 Å². The second-order valence-electron chi connectivity index (χ2n) is 8.84. The summed E-state index contributed by atoms with van der Waals surface area (Å²) in [4.78, 5) is 40.4. The molecule has 2 saturated heterocycles. The molecular weight excluding hydrogens is 449 g/mol. The smallest absolute Gasteiger partial charge is 0.322 e. The number of nitrogens with two attached hydrogens (primary N) is 1. The number of amides is 3. The highest BCUT2D eigenvalue weighted by Gasteiger charge is 2.47. The third kappa shape index (κ3) is 4.91. The lowest BCUT2D eigenvalue weighted by Crippen LogP contribution is -2.52. The largest absolute Gasteiger partial charge is 0.336 e. The second-order valence-corrected chi connectivity index (χ2v) is 8.84. The molecule has 34 heavy (non-hydrogen) atoms.